The van der Waals surface area contributed by atoms with Crippen molar-refractivity contribution in [1.29, 1.82) is 0 Å². The maximum atomic E-state index is 12.4. The number of amides is 1. The summed E-state index contributed by atoms with van der Waals surface area (Å²) in [5.74, 6) is 0.964. The normalized spacial score (nSPS) is 30.1. The summed E-state index contributed by atoms with van der Waals surface area (Å²) in [6.07, 6.45) is 7.09. The van der Waals surface area contributed by atoms with E-state index in [0.717, 1.165) is 25.8 Å². The molecule has 0 saturated heterocycles. The third kappa shape index (κ3) is 2.89. The molecule has 2 aliphatic rings. The van der Waals surface area contributed by atoms with Crippen LogP contribution in [-0.4, -0.2) is 17.3 Å². The lowest BCUT2D eigenvalue weighted by Crippen LogP contribution is -2.35. The first-order chi connectivity index (χ1) is 9.25. The molecule has 0 aromatic carbocycles. The van der Waals surface area contributed by atoms with E-state index in [-0.39, 0.29) is 11.8 Å². The third-order valence-corrected chi connectivity index (χ3v) is 6.68. The molecule has 1 N–H and O–H groups in total. The van der Waals surface area contributed by atoms with Crippen LogP contribution in [0.25, 0.3) is 0 Å². The van der Waals surface area contributed by atoms with Gasteiger partial charge in [0.25, 0.3) is 0 Å². The van der Waals surface area contributed by atoms with Gasteiger partial charge < -0.3 is 5.32 Å². The van der Waals surface area contributed by atoms with Crippen LogP contribution in [-0.2, 0) is 11.2 Å². The fraction of sp³-hybridized carbons (Fsp3) is 0.667. The molecule has 0 bridgehead atoms. The number of rotatable bonds is 3. The average molecular weight is 342 g/mol. The Morgan fingerprint density at radius 1 is 1.37 bits per heavy atom. The Morgan fingerprint density at radius 3 is 3.05 bits per heavy atom. The van der Waals surface area contributed by atoms with Crippen molar-refractivity contribution in [2.24, 2.45) is 5.92 Å². The lowest BCUT2D eigenvalue weighted by molar-refractivity contribution is -0.123. The molecule has 0 aliphatic heterocycles. The monoisotopic (exact) mass is 341 g/mol. The van der Waals surface area contributed by atoms with Crippen molar-refractivity contribution in [3.05, 3.63) is 21.9 Å². The first-order valence-electron chi connectivity index (χ1n) is 7.23. The molecule has 3 atom stereocenters. The molecular formula is C15H20BrNOS. The lowest BCUT2D eigenvalue weighted by Gasteiger charge is -2.23. The van der Waals surface area contributed by atoms with Gasteiger partial charge in [0.1, 0.15) is 0 Å². The van der Waals surface area contributed by atoms with Gasteiger partial charge in [0.15, 0.2) is 0 Å². The summed E-state index contributed by atoms with van der Waals surface area (Å²) in [4.78, 5) is 14.4. The number of fused-ring (bicyclic) bond motifs is 1. The van der Waals surface area contributed by atoms with Gasteiger partial charge in [-0.25, -0.2) is 0 Å². The minimum absolute atomic E-state index is 0.102. The number of halogens is 1. The van der Waals surface area contributed by atoms with Gasteiger partial charge in [-0.15, -0.1) is 11.3 Å². The van der Waals surface area contributed by atoms with Gasteiger partial charge >= 0.3 is 0 Å². The first kappa shape index (κ1) is 13.6. The highest BCUT2D eigenvalue weighted by Crippen LogP contribution is 2.35. The largest absolute Gasteiger partial charge is 0.355 e. The van der Waals surface area contributed by atoms with Crippen LogP contribution >= 0.6 is 27.3 Å². The zero-order chi connectivity index (χ0) is 13.2. The van der Waals surface area contributed by atoms with Crippen molar-refractivity contribution in [1.82, 2.24) is 5.32 Å². The maximum Gasteiger partial charge on any atom is 0.227 e. The summed E-state index contributed by atoms with van der Waals surface area (Å²) in [5, 5.41) is 5.32. The smallest absolute Gasteiger partial charge is 0.227 e. The highest BCUT2D eigenvalue weighted by atomic mass is 79.9. The fourth-order valence-corrected chi connectivity index (χ4v) is 5.10. The molecule has 1 saturated carbocycles. The summed E-state index contributed by atoms with van der Waals surface area (Å²) >= 11 is 5.52. The summed E-state index contributed by atoms with van der Waals surface area (Å²) in [7, 11) is 0. The Bertz CT molecular complexity index is 459. The second-order valence-electron chi connectivity index (χ2n) is 5.70. The predicted molar refractivity (Wildman–Crippen MR) is 83.1 cm³/mol. The molecule has 2 nitrogen and oxygen atoms in total. The van der Waals surface area contributed by atoms with E-state index in [9.17, 15) is 4.79 Å². The number of nitrogens with one attached hydrogen (secondary N) is 1. The molecule has 4 heteroatoms. The number of carbonyl (C=O) groups is 1. The van der Waals surface area contributed by atoms with E-state index in [1.54, 1.807) is 11.3 Å². The quantitative estimate of drug-likeness (QED) is 0.831. The second kappa shape index (κ2) is 5.96. The maximum absolute atomic E-state index is 12.4. The van der Waals surface area contributed by atoms with Crippen molar-refractivity contribution < 1.29 is 4.79 Å². The number of alkyl halides is 1. The third-order valence-electron chi connectivity index (χ3n) is 4.47. The molecule has 19 heavy (non-hydrogen) atoms. The summed E-state index contributed by atoms with van der Waals surface area (Å²) in [6.45, 7) is 0.838. The lowest BCUT2D eigenvalue weighted by atomic mass is 9.87. The van der Waals surface area contributed by atoms with E-state index < -0.39 is 0 Å². The van der Waals surface area contributed by atoms with E-state index in [0.29, 0.717) is 10.7 Å². The summed E-state index contributed by atoms with van der Waals surface area (Å²) in [5.41, 5.74) is 1.29. The Balaban J connectivity index is 1.59. The molecule has 3 rings (SSSR count). The number of hydrogen-bond donors (Lipinski definition) is 1. The van der Waals surface area contributed by atoms with Crippen molar-refractivity contribution in [2.75, 3.05) is 6.54 Å². The van der Waals surface area contributed by atoms with Crippen LogP contribution in [0.5, 0.6) is 0 Å². The molecular weight excluding hydrogens is 322 g/mol. The van der Waals surface area contributed by atoms with Crippen LogP contribution < -0.4 is 5.32 Å². The highest BCUT2D eigenvalue weighted by Gasteiger charge is 2.29. The van der Waals surface area contributed by atoms with Gasteiger partial charge in [-0.1, -0.05) is 22.4 Å². The van der Waals surface area contributed by atoms with Crippen LogP contribution in [0.4, 0.5) is 0 Å². The van der Waals surface area contributed by atoms with E-state index >= 15 is 0 Å². The number of thiophene rings is 1. The number of hydrogen-bond acceptors (Lipinski definition) is 2. The van der Waals surface area contributed by atoms with E-state index in [4.69, 9.17) is 0 Å². The van der Waals surface area contributed by atoms with Crippen molar-refractivity contribution >= 4 is 33.2 Å². The topological polar surface area (TPSA) is 29.1 Å². The molecule has 1 heterocycles. The second-order valence-corrected chi connectivity index (χ2v) is 7.87. The van der Waals surface area contributed by atoms with Crippen LogP contribution in [0.2, 0.25) is 0 Å². The van der Waals surface area contributed by atoms with Gasteiger partial charge in [-0.2, -0.15) is 0 Å². The molecule has 104 valence electrons. The van der Waals surface area contributed by atoms with Crippen molar-refractivity contribution in [2.45, 2.75) is 49.3 Å². The van der Waals surface area contributed by atoms with Gasteiger partial charge in [-0.3, -0.25) is 4.79 Å². The van der Waals surface area contributed by atoms with Crippen LogP contribution in [0.3, 0.4) is 0 Å². The molecule has 1 aromatic heterocycles. The van der Waals surface area contributed by atoms with E-state index in [2.05, 4.69) is 32.7 Å². The van der Waals surface area contributed by atoms with E-state index in [1.165, 1.54) is 29.7 Å². The molecule has 1 fully saturated rings. The van der Waals surface area contributed by atoms with Crippen molar-refractivity contribution in [3.63, 3.8) is 0 Å². The van der Waals surface area contributed by atoms with Gasteiger partial charge in [0.2, 0.25) is 5.91 Å². The molecule has 1 amide bonds. The number of aryl methyl sites for hydroxylation is 1. The standard InChI is InChI=1S/C15H20BrNOS/c16-13-5-1-3-10(13)9-17-15(18)12-4-2-6-14-11(12)7-8-19-14/h7-8,10,12-13H,1-6,9H2,(H,17,18). The van der Waals surface area contributed by atoms with Gasteiger partial charge in [-0.05, 0) is 55.0 Å². The Labute approximate surface area is 127 Å². The van der Waals surface area contributed by atoms with Crippen molar-refractivity contribution in [3.8, 4) is 0 Å². The summed E-state index contributed by atoms with van der Waals surface area (Å²) < 4.78 is 0. The average Bonchev–Trinajstić information content (AvgIpc) is 3.04. The summed E-state index contributed by atoms with van der Waals surface area (Å²) in [6, 6.07) is 2.15. The molecule has 2 aliphatic carbocycles. The zero-order valence-corrected chi connectivity index (χ0v) is 13.4. The molecule has 0 spiro atoms. The molecule has 0 radical (unpaired) electrons. The first-order valence-corrected chi connectivity index (χ1v) is 9.03. The van der Waals surface area contributed by atoms with Crippen LogP contribution in [0.15, 0.2) is 11.4 Å². The molecule has 3 unspecified atom stereocenters. The Morgan fingerprint density at radius 2 is 2.26 bits per heavy atom. The Kier molecular flexibility index (Phi) is 4.27. The predicted octanol–water partition coefficient (Wildman–Crippen LogP) is 3.85. The zero-order valence-electron chi connectivity index (χ0n) is 11.0. The fourth-order valence-electron chi connectivity index (χ4n) is 3.34. The SMILES string of the molecule is O=C(NCC1CCCC1Br)C1CCCc2sccc21. The minimum Gasteiger partial charge on any atom is -0.355 e. The minimum atomic E-state index is 0.102. The molecule has 1 aromatic rings. The Hall–Kier alpha value is -0.350. The number of carbonyl (C=O) groups excluding carboxylic acids is 1. The van der Waals surface area contributed by atoms with Crippen LogP contribution in [0, 0.1) is 5.92 Å². The van der Waals surface area contributed by atoms with E-state index in [1.807, 2.05) is 0 Å². The van der Waals surface area contributed by atoms with Crippen LogP contribution in [0.1, 0.15) is 48.5 Å². The van der Waals surface area contributed by atoms with Gasteiger partial charge in [0.05, 0.1) is 5.92 Å². The van der Waals surface area contributed by atoms with Gasteiger partial charge in [0, 0.05) is 16.2 Å². The highest BCUT2D eigenvalue weighted by molar-refractivity contribution is 9.09.